The smallest absolute Gasteiger partial charge is 0.224 e. The van der Waals surface area contributed by atoms with Crippen molar-refractivity contribution in [2.24, 2.45) is 0 Å². The van der Waals surface area contributed by atoms with E-state index in [-0.39, 0.29) is 11.3 Å². The highest BCUT2D eigenvalue weighted by molar-refractivity contribution is 8.02. The van der Waals surface area contributed by atoms with Gasteiger partial charge in [0.15, 0.2) is 0 Å². The monoisotopic (exact) mass is 422 g/mol. The van der Waals surface area contributed by atoms with Crippen molar-refractivity contribution in [2.45, 2.75) is 18.2 Å². The van der Waals surface area contributed by atoms with E-state index >= 15 is 0 Å². The minimum absolute atomic E-state index is 0.0579. The molecule has 1 heterocycles. The van der Waals surface area contributed by atoms with Crippen LogP contribution in [0.4, 0.5) is 0 Å². The Kier molecular flexibility index (Phi) is 6.43. The molecule has 0 saturated carbocycles. The van der Waals surface area contributed by atoms with Crippen molar-refractivity contribution in [3.05, 3.63) is 94.5 Å². The molecule has 5 heteroatoms. The van der Waals surface area contributed by atoms with Gasteiger partial charge in [-0.25, -0.2) is 0 Å². The Morgan fingerprint density at radius 1 is 1.00 bits per heavy atom. The summed E-state index contributed by atoms with van der Waals surface area (Å²) in [5.74, 6) is 0.0579. The third-order valence-corrected chi connectivity index (χ3v) is 6.32. The van der Waals surface area contributed by atoms with Crippen LogP contribution in [-0.4, -0.2) is 29.3 Å². The van der Waals surface area contributed by atoms with Gasteiger partial charge < -0.3 is 10.2 Å². The molecular weight excluding hydrogens is 400 g/mol. The summed E-state index contributed by atoms with van der Waals surface area (Å²) in [6.45, 7) is 1.52. The van der Waals surface area contributed by atoms with Crippen molar-refractivity contribution in [1.29, 1.82) is 0 Å². The van der Waals surface area contributed by atoms with Crippen molar-refractivity contribution in [3.63, 3.8) is 0 Å². The molecule has 0 bridgehead atoms. The molecule has 0 saturated heterocycles. The Morgan fingerprint density at radius 3 is 2.72 bits per heavy atom. The average Bonchev–Trinajstić information content (AvgIpc) is 3.18. The lowest BCUT2D eigenvalue weighted by molar-refractivity contribution is -0.120. The van der Waals surface area contributed by atoms with E-state index in [2.05, 4.69) is 52.2 Å². The lowest BCUT2D eigenvalue weighted by atomic mass is 10.0. The predicted molar refractivity (Wildman–Crippen MR) is 123 cm³/mol. The molecule has 3 aromatic rings. The van der Waals surface area contributed by atoms with Crippen LogP contribution in [-0.2, 0) is 17.6 Å². The number of fused-ring (bicyclic) bond motifs is 1. The van der Waals surface area contributed by atoms with E-state index in [1.165, 1.54) is 16.3 Å². The van der Waals surface area contributed by atoms with Crippen LogP contribution in [0.2, 0.25) is 5.02 Å². The number of carbonyl (C=O) groups is 1. The van der Waals surface area contributed by atoms with Gasteiger partial charge in [0, 0.05) is 24.3 Å². The number of hydrogen-bond donors (Lipinski definition) is 1. The van der Waals surface area contributed by atoms with Gasteiger partial charge >= 0.3 is 0 Å². The minimum Gasteiger partial charge on any atom is -0.363 e. The number of thioether (sulfide) groups is 1. The first-order chi connectivity index (χ1) is 14.2. The fourth-order valence-corrected chi connectivity index (χ4v) is 4.64. The summed E-state index contributed by atoms with van der Waals surface area (Å²) in [6.07, 6.45) is 3.43. The van der Waals surface area contributed by atoms with Crippen LogP contribution in [0, 0.1) is 0 Å². The standard InChI is InChI=1S/C24H23ClN2OS/c25-22-7-3-4-18(15-22)10-11-27-12-13-29-24(27)17-26-23(28)16-19-8-9-20-5-1-2-6-21(20)14-19/h1-9,12-15,24H,10-11,16-17H2,(H,26,28). The number of benzene rings is 3. The Balaban J connectivity index is 1.27. The Labute approximate surface area is 180 Å². The van der Waals surface area contributed by atoms with Gasteiger partial charge in [0.2, 0.25) is 5.91 Å². The lowest BCUT2D eigenvalue weighted by Crippen LogP contribution is -2.39. The second-order valence-electron chi connectivity index (χ2n) is 7.16. The maximum Gasteiger partial charge on any atom is 0.224 e. The average molecular weight is 423 g/mol. The molecule has 1 N–H and O–H groups in total. The predicted octanol–water partition coefficient (Wildman–Crippen LogP) is 5.24. The molecule has 0 radical (unpaired) electrons. The van der Waals surface area contributed by atoms with E-state index in [1.54, 1.807) is 11.8 Å². The zero-order valence-electron chi connectivity index (χ0n) is 16.1. The van der Waals surface area contributed by atoms with Gasteiger partial charge in [0.25, 0.3) is 0 Å². The van der Waals surface area contributed by atoms with E-state index in [0.29, 0.717) is 13.0 Å². The van der Waals surface area contributed by atoms with Crippen LogP contribution in [0.3, 0.4) is 0 Å². The summed E-state index contributed by atoms with van der Waals surface area (Å²) >= 11 is 7.82. The number of carbonyl (C=O) groups excluding carboxylic acids is 1. The van der Waals surface area contributed by atoms with E-state index < -0.39 is 0 Å². The summed E-state index contributed by atoms with van der Waals surface area (Å²) in [7, 11) is 0. The number of halogens is 1. The van der Waals surface area contributed by atoms with E-state index in [9.17, 15) is 4.79 Å². The molecule has 148 valence electrons. The third kappa shape index (κ3) is 5.34. The molecule has 29 heavy (non-hydrogen) atoms. The van der Waals surface area contributed by atoms with Gasteiger partial charge in [-0.2, -0.15) is 0 Å². The van der Waals surface area contributed by atoms with Gasteiger partial charge in [0.1, 0.15) is 0 Å². The molecular formula is C24H23ClN2OS. The van der Waals surface area contributed by atoms with Gasteiger partial charge in [-0.1, -0.05) is 66.2 Å². The van der Waals surface area contributed by atoms with E-state index in [1.807, 2.05) is 36.4 Å². The molecule has 1 amide bonds. The molecule has 0 aromatic heterocycles. The SMILES string of the molecule is O=C(Cc1ccc2ccccc2c1)NCC1SC=CN1CCc1cccc(Cl)c1. The largest absolute Gasteiger partial charge is 0.363 e. The van der Waals surface area contributed by atoms with Crippen molar-refractivity contribution in [3.8, 4) is 0 Å². The molecule has 3 aromatic carbocycles. The second-order valence-corrected chi connectivity index (χ2v) is 8.68. The van der Waals surface area contributed by atoms with Crippen molar-refractivity contribution in [2.75, 3.05) is 13.1 Å². The summed E-state index contributed by atoms with van der Waals surface area (Å²) < 4.78 is 0. The molecule has 1 aliphatic rings. The van der Waals surface area contributed by atoms with Crippen molar-refractivity contribution in [1.82, 2.24) is 10.2 Å². The van der Waals surface area contributed by atoms with E-state index in [4.69, 9.17) is 11.6 Å². The molecule has 3 nitrogen and oxygen atoms in total. The highest BCUT2D eigenvalue weighted by atomic mass is 35.5. The molecule has 1 aliphatic heterocycles. The molecule has 0 fully saturated rings. The Hall–Kier alpha value is -2.43. The maximum atomic E-state index is 12.5. The molecule has 1 atom stereocenters. The third-order valence-electron chi connectivity index (χ3n) is 5.06. The number of rotatable bonds is 7. The lowest BCUT2D eigenvalue weighted by Gasteiger charge is -2.25. The van der Waals surface area contributed by atoms with Crippen LogP contribution in [0.5, 0.6) is 0 Å². The van der Waals surface area contributed by atoms with Crippen molar-refractivity contribution >= 4 is 40.0 Å². The number of nitrogens with zero attached hydrogens (tertiary/aromatic N) is 1. The van der Waals surface area contributed by atoms with Crippen LogP contribution < -0.4 is 5.32 Å². The summed E-state index contributed by atoms with van der Waals surface area (Å²) in [6, 6.07) is 22.4. The van der Waals surface area contributed by atoms with Gasteiger partial charge in [-0.15, -0.1) is 11.8 Å². The quantitative estimate of drug-likeness (QED) is 0.565. The van der Waals surface area contributed by atoms with Crippen LogP contribution in [0.15, 0.2) is 78.3 Å². The van der Waals surface area contributed by atoms with E-state index in [0.717, 1.165) is 23.6 Å². The van der Waals surface area contributed by atoms with Crippen molar-refractivity contribution < 1.29 is 4.79 Å². The normalized spacial score (nSPS) is 15.8. The van der Waals surface area contributed by atoms with Crippen LogP contribution >= 0.6 is 23.4 Å². The fourth-order valence-electron chi connectivity index (χ4n) is 3.51. The first kappa shape index (κ1) is 19.9. The summed E-state index contributed by atoms with van der Waals surface area (Å²) in [4.78, 5) is 14.7. The zero-order chi connectivity index (χ0) is 20.1. The van der Waals surface area contributed by atoms with Crippen LogP contribution in [0.25, 0.3) is 10.8 Å². The molecule has 1 unspecified atom stereocenters. The summed E-state index contributed by atoms with van der Waals surface area (Å²) in [5.41, 5.74) is 2.26. The van der Waals surface area contributed by atoms with Gasteiger partial charge in [-0.3, -0.25) is 4.79 Å². The molecule has 4 rings (SSSR count). The molecule has 0 aliphatic carbocycles. The van der Waals surface area contributed by atoms with Crippen LogP contribution in [0.1, 0.15) is 11.1 Å². The van der Waals surface area contributed by atoms with Gasteiger partial charge in [0.05, 0.1) is 11.8 Å². The number of hydrogen-bond acceptors (Lipinski definition) is 3. The highest BCUT2D eigenvalue weighted by Gasteiger charge is 2.20. The summed E-state index contributed by atoms with van der Waals surface area (Å²) in [5, 5.41) is 8.55. The first-order valence-electron chi connectivity index (χ1n) is 9.74. The second kappa shape index (κ2) is 9.38. The number of amides is 1. The zero-order valence-corrected chi connectivity index (χ0v) is 17.6. The number of nitrogens with one attached hydrogen (secondary N) is 1. The van der Waals surface area contributed by atoms with Gasteiger partial charge in [-0.05, 0) is 45.9 Å². The topological polar surface area (TPSA) is 32.3 Å². The first-order valence-corrected chi connectivity index (χ1v) is 11.1. The fraction of sp³-hybridized carbons (Fsp3) is 0.208. The highest BCUT2D eigenvalue weighted by Crippen LogP contribution is 2.25. The molecule has 0 spiro atoms. The minimum atomic E-state index is 0.0579. The Bertz CT molecular complexity index is 1040. The Morgan fingerprint density at radius 2 is 1.86 bits per heavy atom. The maximum absolute atomic E-state index is 12.5.